The molecule has 1 saturated heterocycles. The Labute approximate surface area is 154 Å². The van der Waals surface area contributed by atoms with Crippen LogP contribution in [-0.2, 0) is 19.0 Å². The van der Waals surface area contributed by atoms with Crippen LogP contribution in [0.2, 0.25) is 0 Å². The second-order valence-electron chi connectivity index (χ2n) is 5.50. The van der Waals surface area contributed by atoms with Crippen molar-refractivity contribution in [2.24, 2.45) is 5.16 Å². The number of carbonyl (C=O) groups is 2. The van der Waals surface area contributed by atoms with Crippen molar-refractivity contribution in [3.63, 3.8) is 0 Å². The molecule has 0 saturated carbocycles. The molecule has 0 radical (unpaired) electrons. The number of carbonyl (C=O) groups excluding carboxylic acids is 2. The lowest BCUT2D eigenvalue weighted by atomic mass is 10.2. The first-order valence-electron chi connectivity index (χ1n) is 8.17. The lowest BCUT2D eigenvalue weighted by Gasteiger charge is -2.41. The number of rotatable bonds is 6. The van der Waals surface area contributed by atoms with Crippen LogP contribution in [0.1, 0.15) is 10.5 Å². The van der Waals surface area contributed by atoms with Gasteiger partial charge in [-0.2, -0.15) is 0 Å². The number of hydrogen-bond acceptors (Lipinski definition) is 9. The molecule has 2 aliphatic heterocycles. The molecule has 1 fully saturated rings. The molecule has 11 nitrogen and oxygen atoms in total. The van der Waals surface area contributed by atoms with Gasteiger partial charge < -0.3 is 34.1 Å². The molecule has 3 rings (SSSR count). The van der Waals surface area contributed by atoms with Crippen LogP contribution < -0.4 is 15.5 Å². The maximum absolute atomic E-state index is 13.0. The highest BCUT2D eigenvalue weighted by Crippen LogP contribution is 2.22. The van der Waals surface area contributed by atoms with Gasteiger partial charge in [-0.05, 0) is 6.07 Å². The third-order valence-corrected chi connectivity index (χ3v) is 3.85. The van der Waals surface area contributed by atoms with Gasteiger partial charge in [0.05, 0.1) is 20.3 Å². The maximum atomic E-state index is 13.0. The van der Waals surface area contributed by atoms with Crippen molar-refractivity contribution in [1.29, 1.82) is 0 Å². The zero-order valence-electron chi connectivity index (χ0n) is 14.8. The molecule has 0 aliphatic carbocycles. The van der Waals surface area contributed by atoms with E-state index in [1.807, 2.05) is 0 Å². The van der Waals surface area contributed by atoms with Gasteiger partial charge in [0.25, 0.3) is 5.91 Å². The van der Waals surface area contributed by atoms with Gasteiger partial charge in [0.1, 0.15) is 18.1 Å². The van der Waals surface area contributed by atoms with Gasteiger partial charge in [0, 0.05) is 12.7 Å². The highest BCUT2D eigenvalue weighted by atomic mass is 16.8. The third kappa shape index (κ3) is 3.97. The van der Waals surface area contributed by atoms with E-state index in [9.17, 15) is 9.59 Å². The number of pyridine rings is 1. The third-order valence-electron chi connectivity index (χ3n) is 3.85. The molecule has 1 aromatic heterocycles. The monoisotopic (exact) mass is 380 g/mol. The van der Waals surface area contributed by atoms with E-state index in [2.05, 4.69) is 21.9 Å². The van der Waals surface area contributed by atoms with Crippen molar-refractivity contribution in [3.8, 4) is 5.75 Å². The molecule has 3 heterocycles. The van der Waals surface area contributed by atoms with E-state index in [4.69, 9.17) is 19.0 Å². The molecular weight excluding hydrogens is 360 g/mol. The van der Waals surface area contributed by atoms with E-state index in [-0.39, 0.29) is 35.5 Å². The molecule has 27 heavy (non-hydrogen) atoms. The molecular formula is C16H20N4O7. The summed E-state index contributed by atoms with van der Waals surface area (Å²) < 4.78 is 21.6. The summed E-state index contributed by atoms with van der Waals surface area (Å²) in [5, 5.41) is 4.22. The Bertz CT molecular complexity index is 791. The summed E-state index contributed by atoms with van der Waals surface area (Å²) >= 11 is 0. The molecule has 0 unspecified atom stereocenters. The van der Waals surface area contributed by atoms with Crippen LogP contribution in [0.25, 0.3) is 0 Å². The van der Waals surface area contributed by atoms with Crippen LogP contribution in [0.3, 0.4) is 0 Å². The van der Waals surface area contributed by atoms with Crippen LogP contribution >= 0.6 is 0 Å². The molecule has 0 spiro atoms. The summed E-state index contributed by atoms with van der Waals surface area (Å²) in [6.07, 6.45) is 1.96. The minimum absolute atomic E-state index is 0.105. The number of nitrogens with one attached hydrogen (secondary N) is 1. The summed E-state index contributed by atoms with van der Waals surface area (Å²) in [6, 6.07) is 1.60. The number of fused-ring (bicyclic) bond motifs is 2. The molecule has 11 heteroatoms. The van der Waals surface area contributed by atoms with Crippen LogP contribution in [0, 0.1) is 0 Å². The lowest BCUT2D eigenvalue weighted by Crippen LogP contribution is -2.59. The van der Waals surface area contributed by atoms with E-state index in [1.165, 1.54) is 17.9 Å². The van der Waals surface area contributed by atoms with Crippen LogP contribution in [0.4, 0.5) is 4.79 Å². The van der Waals surface area contributed by atoms with E-state index in [0.29, 0.717) is 19.8 Å². The number of morpholine rings is 1. The van der Waals surface area contributed by atoms with Crippen molar-refractivity contribution in [2.75, 3.05) is 45.7 Å². The number of ether oxygens (including phenoxy) is 4. The quantitative estimate of drug-likeness (QED) is 0.241. The lowest BCUT2D eigenvalue weighted by molar-refractivity contribution is -0.00508. The summed E-state index contributed by atoms with van der Waals surface area (Å²) in [7, 11) is 1.18. The van der Waals surface area contributed by atoms with Gasteiger partial charge in [-0.15, -0.1) is 0 Å². The molecule has 0 aromatic carbocycles. The Morgan fingerprint density at radius 2 is 2.41 bits per heavy atom. The van der Waals surface area contributed by atoms with Gasteiger partial charge in [-0.1, -0.05) is 17.8 Å². The summed E-state index contributed by atoms with van der Waals surface area (Å²) in [4.78, 5) is 30.9. The number of methoxy groups -OCH3 is 1. The fourth-order valence-electron chi connectivity index (χ4n) is 2.65. The number of amides is 1. The Hall–Kier alpha value is -3.21. The minimum Gasteiger partial charge on any atom is -0.452 e. The predicted octanol–water partition coefficient (Wildman–Crippen LogP) is -0.0187. The highest BCUT2D eigenvalue weighted by molar-refractivity contribution is 5.96. The average Bonchev–Trinajstić information content (AvgIpc) is 2.69. The molecule has 1 aromatic rings. The van der Waals surface area contributed by atoms with Crippen molar-refractivity contribution < 1.29 is 33.4 Å². The minimum atomic E-state index is -0.911. The molecule has 1 atom stereocenters. The first kappa shape index (κ1) is 18.6. The summed E-state index contributed by atoms with van der Waals surface area (Å²) in [5.41, 5.74) is 3.36. The SMILES string of the molecule is C=CCON=c1ccn2c(c1OCOC(=O)OC)C(=O)N1CCOC[C@H]1N2. The van der Waals surface area contributed by atoms with E-state index < -0.39 is 12.9 Å². The van der Waals surface area contributed by atoms with Gasteiger partial charge in [0.2, 0.25) is 6.79 Å². The van der Waals surface area contributed by atoms with Crippen molar-refractivity contribution in [3.05, 3.63) is 36.0 Å². The van der Waals surface area contributed by atoms with Gasteiger partial charge in [-0.3, -0.25) is 9.47 Å². The topological polar surface area (TPSA) is 113 Å². The predicted molar refractivity (Wildman–Crippen MR) is 90.1 cm³/mol. The van der Waals surface area contributed by atoms with Gasteiger partial charge >= 0.3 is 6.16 Å². The van der Waals surface area contributed by atoms with Gasteiger partial charge in [-0.25, -0.2) is 4.79 Å². The molecule has 0 bridgehead atoms. The van der Waals surface area contributed by atoms with E-state index in [1.54, 1.807) is 17.2 Å². The van der Waals surface area contributed by atoms with Crippen molar-refractivity contribution >= 4 is 12.1 Å². The average molecular weight is 380 g/mol. The summed E-state index contributed by atoms with van der Waals surface area (Å²) in [6.45, 7) is 4.51. The second kappa shape index (κ2) is 8.45. The first-order chi connectivity index (χ1) is 13.2. The first-order valence-corrected chi connectivity index (χ1v) is 8.17. The second-order valence-corrected chi connectivity index (χ2v) is 5.50. The normalized spacial score (nSPS) is 18.7. The zero-order valence-corrected chi connectivity index (χ0v) is 14.8. The number of aromatic nitrogens is 1. The van der Waals surface area contributed by atoms with Crippen molar-refractivity contribution in [2.45, 2.75) is 6.17 Å². The van der Waals surface area contributed by atoms with E-state index >= 15 is 0 Å². The fourth-order valence-corrected chi connectivity index (χ4v) is 2.65. The standard InChI is InChI=1S/C16H20N4O7/c1-3-7-27-18-11-4-5-20-13(14(11)25-10-26-16(22)23-2)15(21)19-6-8-24-9-12(19)17-20/h3-5,12,17H,1,6-10H2,2H3/t12-/m0/s1. The fraction of sp³-hybridized carbons (Fsp3) is 0.438. The maximum Gasteiger partial charge on any atom is 0.510 e. The number of hydrogen-bond donors (Lipinski definition) is 1. The Morgan fingerprint density at radius 3 is 3.19 bits per heavy atom. The van der Waals surface area contributed by atoms with Gasteiger partial charge in [0.15, 0.2) is 11.4 Å². The Balaban J connectivity index is 1.95. The largest absolute Gasteiger partial charge is 0.510 e. The molecule has 1 amide bonds. The zero-order chi connectivity index (χ0) is 19.2. The smallest absolute Gasteiger partial charge is 0.452 e. The molecule has 146 valence electrons. The number of nitrogens with zero attached hydrogens (tertiary/aromatic N) is 3. The van der Waals surface area contributed by atoms with Crippen LogP contribution in [0.15, 0.2) is 30.1 Å². The Morgan fingerprint density at radius 1 is 1.56 bits per heavy atom. The van der Waals surface area contributed by atoms with Crippen LogP contribution in [-0.4, -0.2) is 68.1 Å². The van der Waals surface area contributed by atoms with Crippen LogP contribution in [0.5, 0.6) is 5.75 Å². The molecule has 2 aliphatic rings. The highest BCUT2D eigenvalue weighted by Gasteiger charge is 2.36. The summed E-state index contributed by atoms with van der Waals surface area (Å²) in [5.74, 6) is -0.163. The van der Waals surface area contributed by atoms with Crippen molar-refractivity contribution in [1.82, 2.24) is 9.58 Å². The Kier molecular flexibility index (Phi) is 5.81. The molecule has 1 N–H and O–H groups in total. The van der Waals surface area contributed by atoms with E-state index in [0.717, 1.165) is 0 Å².